The lowest BCUT2D eigenvalue weighted by atomic mass is 10.0. The highest BCUT2D eigenvalue weighted by Crippen LogP contribution is 2.41. The Hall–Kier alpha value is -5.14. The molecule has 0 spiro atoms. The van der Waals surface area contributed by atoms with Crippen LogP contribution in [0.5, 0.6) is 0 Å². The van der Waals surface area contributed by atoms with Gasteiger partial charge >= 0.3 is 0 Å². The second-order valence-electron chi connectivity index (χ2n) is 9.23. The van der Waals surface area contributed by atoms with E-state index < -0.39 is 0 Å². The molecule has 39 heavy (non-hydrogen) atoms. The Labute approximate surface area is 226 Å². The van der Waals surface area contributed by atoms with Crippen molar-refractivity contribution in [1.29, 1.82) is 0 Å². The number of fused-ring (bicyclic) bond motifs is 7. The number of thiophene rings is 1. The zero-order valence-electron chi connectivity index (χ0n) is 20.5. The van der Waals surface area contributed by atoms with Gasteiger partial charge in [-0.3, -0.25) is 9.97 Å². The molecule has 7 heteroatoms. The van der Waals surface area contributed by atoms with Gasteiger partial charge in [0.05, 0.1) is 10.2 Å². The Morgan fingerprint density at radius 2 is 1.08 bits per heavy atom. The summed E-state index contributed by atoms with van der Waals surface area (Å²) in [7, 11) is 0. The van der Waals surface area contributed by atoms with Gasteiger partial charge in [-0.2, -0.15) is 0 Å². The fourth-order valence-corrected chi connectivity index (χ4v) is 6.29. The Morgan fingerprint density at radius 3 is 1.77 bits per heavy atom. The second kappa shape index (κ2) is 8.72. The van der Waals surface area contributed by atoms with Gasteiger partial charge in [0, 0.05) is 62.2 Å². The Morgan fingerprint density at radius 1 is 0.462 bits per heavy atom. The molecule has 0 radical (unpaired) electrons. The molecular weight excluding hydrogens is 500 g/mol. The van der Waals surface area contributed by atoms with E-state index in [0.717, 1.165) is 43.2 Å². The molecule has 0 aliphatic carbocycles. The minimum atomic E-state index is 0.513. The predicted molar refractivity (Wildman–Crippen MR) is 157 cm³/mol. The highest BCUT2D eigenvalue weighted by atomic mass is 32.1. The highest BCUT2D eigenvalue weighted by Gasteiger charge is 2.19. The van der Waals surface area contributed by atoms with Crippen LogP contribution in [0.15, 0.2) is 110 Å². The molecule has 3 aromatic carbocycles. The molecule has 0 aliphatic rings. The summed E-state index contributed by atoms with van der Waals surface area (Å²) >= 11 is 1.77. The normalized spacial score (nSPS) is 11.6. The second-order valence-corrected chi connectivity index (χ2v) is 10.3. The predicted octanol–water partition coefficient (Wildman–Crippen LogP) is 7.73. The zero-order chi connectivity index (χ0) is 25.8. The SMILES string of the molecule is c1cncc(-c2nc(-c3cccnc3)nc(-c3nc4c(ccc5c6ccccc6sc54)c4ccccc34)n2)c1. The number of nitrogens with zero attached hydrogens (tertiary/aromatic N) is 6. The maximum atomic E-state index is 5.29. The summed E-state index contributed by atoms with van der Waals surface area (Å²) in [6.07, 6.45) is 7.00. The van der Waals surface area contributed by atoms with Crippen molar-refractivity contribution in [3.05, 3.63) is 110 Å². The molecule has 0 saturated heterocycles. The van der Waals surface area contributed by atoms with Gasteiger partial charge in [-0.05, 0) is 35.7 Å². The van der Waals surface area contributed by atoms with Crippen LogP contribution in [-0.4, -0.2) is 29.9 Å². The monoisotopic (exact) mass is 518 g/mol. The molecule has 0 N–H and O–H groups in total. The Bertz CT molecular complexity index is 2120. The van der Waals surface area contributed by atoms with E-state index in [9.17, 15) is 0 Å². The Kier molecular flexibility index (Phi) is 4.89. The molecule has 0 unspecified atom stereocenters. The van der Waals surface area contributed by atoms with Gasteiger partial charge in [-0.1, -0.05) is 54.6 Å². The molecule has 0 bridgehead atoms. The quantitative estimate of drug-likeness (QED) is 0.223. The fourth-order valence-electron chi connectivity index (χ4n) is 5.10. The smallest absolute Gasteiger partial charge is 0.183 e. The van der Waals surface area contributed by atoms with Crippen LogP contribution < -0.4 is 0 Å². The summed E-state index contributed by atoms with van der Waals surface area (Å²) in [5.41, 5.74) is 3.29. The molecule has 0 saturated carbocycles. The number of hydrogen-bond donors (Lipinski definition) is 0. The molecule has 0 aliphatic heterocycles. The summed E-state index contributed by atoms with van der Waals surface area (Å²) in [6, 6.07) is 28.9. The van der Waals surface area contributed by atoms with Crippen molar-refractivity contribution in [2.24, 2.45) is 0 Å². The van der Waals surface area contributed by atoms with Crippen LogP contribution in [0.1, 0.15) is 0 Å². The van der Waals surface area contributed by atoms with E-state index in [1.165, 1.54) is 15.5 Å². The fraction of sp³-hybridized carbons (Fsp3) is 0. The minimum Gasteiger partial charge on any atom is -0.264 e. The van der Waals surface area contributed by atoms with Gasteiger partial charge in [-0.15, -0.1) is 11.3 Å². The molecule has 8 aromatic rings. The number of rotatable bonds is 3. The van der Waals surface area contributed by atoms with Crippen molar-refractivity contribution in [2.75, 3.05) is 0 Å². The Balaban J connectivity index is 1.48. The van der Waals surface area contributed by atoms with Crippen LogP contribution >= 0.6 is 11.3 Å². The molecule has 0 amide bonds. The largest absolute Gasteiger partial charge is 0.264 e. The summed E-state index contributed by atoms with van der Waals surface area (Å²) in [6.45, 7) is 0. The third kappa shape index (κ3) is 3.55. The van der Waals surface area contributed by atoms with Crippen molar-refractivity contribution in [1.82, 2.24) is 29.9 Å². The van der Waals surface area contributed by atoms with Gasteiger partial charge in [0.25, 0.3) is 0 Å². The molecule has 182 valence electrons. The first-order valence-electron chi connectivity index (χ1n) is 12.5. The van der Waals surface area contributed by atoms with Gasteiger partial charge in [0.2, 0.25) is 0 Å². The van der Waals surface area contributed by atoms with Crippen LogP contribution in [0.2, 0.25) is 0 Å². The van der Waals surface area contributed by atoms with E-state index in [1.807, 2.05) is 30.3 Å². The first kappa shape index (κ1) is 21.9. The van der Waals surface area contributed by atoms with E-state index in [-0.39, 0.29) is 0 Å². The van der Waals surface area contributed by atoms with Crippen molar-refractivity contribution >= 4 is 53.2 Å². The average Bonchev–Trinajstić information content (AvgIpc) is 3.40. The molecule has 5 aromatic heterocycles. The van der Waals surface area contributed by atoms with Crippen LogP contribution in [0, 0.1) is 0 Å². The number of aromatic nitrogens is 6. The number of benzene rings is 3. The van der Waals surface area contributed by atoms with Crippen LogP contribution in [0.4, 0.5) is 0 Å². The number of pyridine rings is 3. The lowest BCUT2D eigenvalue weighted by Gasteiger charge is -2.12. The van der Waals surface area contributed by atoms with Crippen LogP contribution in [-0.2, 0) is 0 Å². The van der Waals surface area contributed by atoms with Crippen LogP contribution in [0.3, 0.4) is 0 Å². The maximum absolute atomic E-state index is 5.29. The minimum absolute atomic E-state index is 0.513. The molecule has 8 rings (SSSR count). The van der Waals surface area contributed by atoms with Gasteiger partial charge < -0.3 is 0 Å². The molecule has 5 heterocycles. The van der Waals surface area contributed by atoms with E-state index in [4.69, 9.17) is 19.9 Å². The van der Waals surface area contributed by atoms with Crippen LogP contribution in [0.25, 0.3) is 76.1 Å². The average molecular weight is 519 g/mol. The summed E-state index contributed by atoms with van der Waals surface area (Å²) in [4.78, 5) is 28.5. The first-order valence-corrected chi connectivity index (χ1v) is 13.3. The van der Waals surface area contributed by atoms with E-state index >= 15 is 0 Å². The van der Waals surface area contributed by atoms with Crippen molar-refractivity contribution < 1.29 is 0 Å². The summed E-state index contributed by atoms with van der Waals surface area (Å²) in [5.74, 6) is 1.59. The van der Waals surface area contributed by atoms with Gasteiger partial charge in [-0.25, -0.2) is 19.9 Å². The summed E-state index contributed by atoms with van der Waals surface area (Å²) in [5, 5.41) is 5.67. The topological polar surface area (TPSA) is 77.3 Å². The van der Waals surface area contributed by atoms with Crippen molar-refractivity contribution in [3.63, 3.8) is 0 Å². The van der Waals surface area contributed by atoms with Gasteiger partial charge in [0.15, 0.2) is 17.5 Å². The lowest BCUT2D eigenvalue weighted by Crippen LogP contribution is -2.02. The zero-order valence-corrected chi connectivity index (χ0v) is 21.3. The molecular formula is C32H18N6S. The highest BCUT2D eigenvalue weighted by molar-refractivity contribution is 7.26. The van der Waals surface area contributed by atoms with E-state index in [2.05, 4.69) is 64.6 Å². The third-order valence-electron chi connectivity index (χ3n) is 6.90. The lowest BCUT2D eigenvalue weighted by molar-refractivity contribution is 1.06. The first-order chi connectivity index (χ1) is 19.3. The van der Waals surface area contributed by atoms with E-state index in [1.54, 1.807) is 36.1 Å². The molecule has 6 nitrogen and oxygen atoms in total. The van der Waals surface area contributed by atoms with Crippen molar-refractivity contribution in [3.8, 4) is 34.3 Å². The third-order valence-corrected chi connectivity index (χ3v) is 8.10. The number of hydrogen-bond acceptors (Lipinski definition) is 7. The molecule has 0 fully saturated rings. The van der Waals surface area contributed by atoms with Crippen molar-refractivity contribution in [2.45, 2.75) is 0 Å². The summed E-state index contributed by atoms with van der Waals surface area (Å²) < 4.78 is 2.41. The van der Waals surface area contributed by atoms with E-state index in [0.29, 0.717) is 17.5 Å². The van der Waals surface area contributed by atoms with Gasteiger partial charge in [0.1, 0.15) is 5.69 Å². The standard InChI is InChI=1S/C32H18N6S/c1-2-11-23-21(9-1)24-13-14-25-22-10-3-4-12-26(22)39-29(25)27(24)35-28(23)32-37-30(19-7-5-15-33-17-19)36-31(38-32)20-8-6-16-34-18-20/h1-18H. The molecule has 0 atom stereocenters. The maximum Gasteiger partial charge on any atom is 0.183 e.